The highest BCUT2D eigenvalue weighted by Gasteiger charge is 2.54. The molecule has 268 valence electrons. The van der Waals surface area contributed by atoms with Crippen molar-refractivity contribution in [2.75, 3.05) is 26.3 Å². The van der Waals surface area contributed by atoms with Crippen molar-refractivity contribution in [3.05, 3.63) is 0 Å². The van der Waals surface area contributed by atoms with Crippen LogP contribution in [-0.2, 0) is 23.7 Å². The zero-order chi connectivity index (χ0) is 34.1. The molecule has 2 aliphatic carbocycles. The SMILES string of the molecule is NC(CO)CNCC1OC(OC2C(N)CC(NC(=O)C3(O)CC(N)C3)C(OC3OC(CO)C(O)C(N)C3O)C2O)C(O)C(O)C1O. The lowest BCUT2D eigenvalue weighted by molar-refractivity contribution is -0.333. The molecular formula is C26H50N6O14. The van der Waals surface area contributed by atoms with Gasteiger partial charge in [0.25, 0.3) is 5.91 Å². The van der Waals surface area contributed by atoms with Crippen LogP contribution in [0, 0.1) is 0 Å². The first-order valence-corrected chi connectivity index (χ1v) is 15.3. The Morgan fingerprint density at radius 1 is 0.848 bits per heavy atom. The smallest absolute Gasteiger partial charge is 0.252 e. The fraction of sp³-hybridized carbons (Fsp3) is 0.962. The summed E-state index contributed by atoms with van der Waals surface area (Å²) in [4.78, 5) is 13.0. The average molecular weight is 671 g/mol. The molecule has 4 rings (SSSR count). The van der Waals surface area contributed by atoms with E-state index in [1.54, 1.807) is 0 Å². The molecule has 2 aliphatic heterocycles. The Hall–Kier alpha value is -1.25. The molecular weight excluding hydrogens is 620 g/mol. The number of carbonyl (C=O) groups is 1. The number of hydrogen-bond acceptors (Lipinski definition) is 19. The van der Waals surface area contributed by atoms with Gasteiger partial charge in [0.1, 0.15) is 66.6 Å². The van der Waals surface area contributed by atoms with Crippen molar-refractivity contribution in [3.8, 4) is 0 Å². The van der Waals surface area contributed by atoms with Crippen molar-refractivity contribution in [3.63, 3.8) is 0 Å². The Kier molecular flexibility index (Phi) is 12.7. The van der Waals surface area contributed by atoms with Crippen LogP contribution in [0.3, 0.4) is 0 Å². The Morgan fingerprint density at radius 2 is 1.46 bits per heavy atom. The standard InChI is InChI=1S/C26H50N6O14/c27-8-2-26(42,3-8)25(41)32-11-1-10(29)21(20(40)22(11)46-23-17(37)14(30)15(35)13(7-34)44-23)45-24-19(39)18(38)16(36)12(43-24)5-31-4-9(28)6-33/h8-24,31,33-40,42H,1-7,27-30H2,(H,32,41). The van der Waals surface area contributed by atoms with Gasteiger partial charge in [-0.05, 0) is 6.42 Å². The van der Waals surface area contributed by atoms with E-state index < -0.39 is 122 Å². The van der Waals surface area contributed by atoms with Gasteiger partial charge in [-0.1, -0.05) is 0 Å². The fourth-order valence-corrected chi connectivity index (χ4v) is 6.24. The number of nitrogens with one attached hydrogen (secondary N) is 2. The van der Waals surface area contributed by atoms with Gasteiger partial charge in [-0.3, -0.25) is 4.79 Å². The first-order chi connectivity index (χ1) is 21.6. The van der Waals surface area contributed by atoms with Gasteiger partial charge < -0.3 is 98.5 Å². The third-order valence-electron chi connectivity index (χ3n) is 9.13. The second kappa shape index (κ2) is 15.5. The molecule has 2 heterocycles. The molecule has 0 aromatic carbocycles. The maximum Gasteiger partial charge on any atom is 0.252 e. The normalized spacial score (nSPS) is 48.8. The van der Waals surface area contributed by atoms with Crippen molar-refractivity contribution in [2.45, 2.75) is 129 Å². The van der Waals surface area contributed by atoms with Crippen molar-refractivity contribution in [1.82, 2.24) is 10.6 Å². The molecule has 20 nitrogen and oxygen atoms in total. The molecule has 4 fully saturated rings. The molecule has 0 aromatic heterocycles. The number of hydrogen-bond donors (Lipinski definition) is 15. The highest BCUT2D eigenvalue weighted by atomic mass is 16.7. The first-order valence-electron chi connectivity index (χ1n) is 15.3. The van der Waals surface area contributed by atoms with E-state index in [0.717, 1.165) is 0 Å². The molecule has 19 N–H and O–H groups in total. The Bertz CT molecular complexity index is 999. The number of amides is 1. The molecule has 2 saturated carbocycles. The van der Waals surface area contributed by atoms with Crippen LogP contribution in [-0.4, -0.2) is 188 Å². The highest BCUT2D eigenvalue weighted by Crippen LogP contribution is 2.34. The van der Waals surface area contributed by atoms with E-state index >= 15 is 0 Å². The minimum absolute atomic E-state index is 0.0140. The van der Waals surface area contributed by atoms with Gasteiger partial charge in [0.05, 0.1) is 25.3 Å². The van der Waals surface area contributed by atoms with Gasteiger partial charge >= 0.3 is 0 Å². The summed E-state index contributed by atoms with van der Waals surface area (Å²) in [6.45, 7) is -0.927. The van der Waals surface area contributed by atoms with E-state index in [1.807, 2.05) is 0 Å². The molecule has 16 unspecified atom stereocenters. The second-order valence-electron chi connectivity index (χ2n) is 12.8. The molecule has 4 aliphatic rings. The monoisotopic (exact) mass is 670 g/mol. The molecule has 1 amide bonds. The molecule has 46 heavy (non-hydrogen) atoms. The van der Waals surface area contributed by atoms with Gasteiger partial charge in [0, 0.05) is 44.1 Å². The third-order valence-corrected chi connectivity index (χ3v) is 9.13. The van der Waals surface area contributed by atoms with E-state index in [0.29, 0.717) is 0 Å². The highest BCUT2D eigenvalue weighted by molar-refractivity contribution is 5.86. The minimum Gasteiger partial charge on any atom is -0.395 e. The number of rotatable bonds is 12. The average Bonchev–Trinajstić information content (AvgIpc) is 3.00. The van der Waals surface area contributed by atoms with E-state index in [2.05, 4.69) is 10.6 Å². The summed E-state index contributed by atoms with van der Waals surface area (Å²) in [6, 6.07) is -4.53. The summed E-state index contributed by atoms with van der Waals surface area (Å²) in [5.41, 5.74) is 21.9. The molecule has 16 atom stereocenters. The van der Waals surface area contributed by atoms with Crippen LogP contribution in [0.4, 0.5) is 0 Å². The predicted octanol–water partition coefficient (Wildman–Crippen LogP) is -9.33. The summed E-state index contributed by atoms with van der Waals surface area (Å²) in [5, 5.41) is 99.0. The van der Waals surface area contributed by atoms with Crippen LogP contribution in [0.15, 0.2) is 0 Å². The maximum atomic E-state index is 13.0. The van der Waals surface area contributed by atoms with Crippen LogP contribution in [0.2, 0.25) is 0 Å². The lowest BCUT2D eigenvalue weighted by atomic mass is 9.75. The molecule has 20 heteroatoms. The minimum atomic E-state index is -1.80. The topological polar surface area (TPSA) is 364 Å². The van der Waals surface area contributed by atoms with Gasteiger partial charge in [-0.25, -0.2) is 0 Å². The summed E-state index contributed by atoms with van der Waals surface area (Å²) in [5.74, 6) is -0.809. The number of carbonyl (C=O) groups excluding carboxylic acids is 1. The number of nitrogens with two attached hydrogens (primary N) is 4. The van der Waals surface area contributed by atoms with Gasteiger partial charge in [0.2, 0.25) is 0 Å². The van der Waals surface area contributed by atoms with E-state index in [-0.39, 0.29) is 39.0 Å². The van der Waals surface area contributed by atoms with Crippen LogP contribution in [0.1, 0.15) is 19.3 Å². The molecule has 2 saturated heterocycles. The zero-order valence-corrected chi connectivity index (χ0v) is 25.1. The van der Waals surface area contributed by atoms with E-state index in [4.69, 9.17) is 47.0 Å². The van der Waals surface area contributed by atoms with Gasteiger partial charge in [-0.15, -0.1) is 0 Å². The second-order valence-corrected chi connectivity index (χ2v) is 12.8. The Labute approximate surface area is 264 Å². The lowest BCUT2D eigenvalue weighted by Crippen LogP contribution is -2.71. The maximum absolute atomic E-state index is 13.0. The van der Waals surface area contributed by atoms with Crippen molar-refractivity contribution in [2.24, 2.45) is 22.9 Å². The summed E-state index contributed by atoms with van der Waals surface area (Å²) in [6.07, 6.45) is -18.7. The lowest BCUT2D eigenvalue weighted by Gasteiger charge is -2.49. The number of ether oxygens (including phenoxy) is 4. The largest absolute Gasteiger partial charge is 0.395 e. The fourth-order valence-electron chi connectivity index (χ4n) is 6.24. The Morgan fingerprint density at radius 3 is 2.07 bits per heavy atom. The predicted molar refractivity (Wildman–Crippen MR) is 153 cm³/mol. The number of aliphatic hydroxyl groups is 9. The van der Waals surface area contributed by atoms with Crippen LogP contribution < -0.4 is 33.6 Å². The molecule has 0 spiro atoms. The quantitative estimate of drug-likeness (QED) is 0.0916. The molecule has 0 radical (unpaired) electrons. The van der Waals surface area contributed by atoms with Gasteiger partial charge in [0.15, 0.2) is 12.6 Å². The van der Waals surface area contributed by atoms with E-state index in [1.165, 1.54) is 0 Å². The van der Waals surface area contributed by atoms with Gasteiger partial charge in [-0.2, -0.15) is 0 Å². The van der Waals surface area contributed by atoms with Crippen molar-refractivity contribution < 1.29 is 69.7 Å². The zero-order valence-electron chi connectivity index (χ0n) is 25.1. The summed E-state index contributed by atoms with van der Waals surface area (Å²) >= 11 is 0. The molecule has 0 bridgehead atoms. The van der Waals surface area contributed by atoms with Crippen molar-refractivity contribution in [1.29, 1.82) is 0 Å². The van der Waals surface area contributed by atoms with Crippen LogP contribution >= 0.6 is 0 Å². The van der Waals surface area contributed by atoms with Crippen molar-refractivity contribution >= 4 is 5.91 Å². The Balaban J connectivity index is 1.53. The van der Waals surface area contributed by atoms with Crippen LogP contribution in [0.25, 0.3) is 0 Å². The van der Waals surface area contributed by atoms with Crippen LogP contribution in [0.5, 0.6) is 0 Å². The summed E-state index contributed by atoms with van der Waals surface area (Å²) in [7, 11) is 0. The first kappa shape index (κ1) is 37.6. The number of aliphatic hydroxyl groups excluding tert-OH is 8. The summed E-state index contributed by atoms with van der Waals surface area (Å²) < 4.78 is 23.0. The van der Waals surface area contributed by atoms with E-state index in [9.17, 15) is 45.6 Å². The third kappa shape index (κ3) is 7.96. The molecule has 0 aromatic rings.